The topological polar surface area (TPSA) is 51.4 Å². The van der Waals surface area contributed by atoms with Crippen LogP contribution < -0.4 is 0 Å². The molecule has 0 bridgehead atoms. The Morgan fingerprint density at radius 1 is 1.25 bits per heavy atom. The molecule has 2 saturated heterocycles. The summed E-state index contributed by atoms with van der Waals surface area (Å²) in [7, 11) is 0. The molecule has 1 atom stereocenters. The minimum Gasteiger partial charge on any atom is -0.381 e. The second-order valence-corrected chi connectivity index (χ2v) is 6.17. The Bertz CT molecular complexity index is 604. The van der Waals surface area contributed by atoms with E-state index in [2.05, 4.69) is 21.3 Å². The van der Waals surface area contributed by atoms with E-state index in [0.717, 1.165) is 43.9 Å². The molecule has 106 valence electrons. The summed E-state index contributed by atoms with van der Waals surface area (Å²) in [4.78, 5) is 2.53. The first kappa shape index (κ1) is 12.3. The van der Waals surface area contributed by atoms with Crippen LogP contribution in [0.1, 0.15) is 24.8 Å². The Kier molecular flexibility index (Phi) is 2.97. The molecule has 20 heavy (non-hydrogen) atoms. The van der Waals surface area contributed by atoms with Gasteiger partial charge in [-0.2, -0.15) is 0 Å². The number of aromatic nitrogens is 2. The molecular formula is C15H19N3O2. The number of hydrogen-bond donors (Lipinski definition) is 0. The van der Waals surface area contributed by atoms with Gasteiger partial charge in [0, 0.05) is 25.1 Å². The molecule has 5 heteroatoms. The molecule has 2 aromatic rings. The summed E-state index contributed by atoms with van der Waals surface area (Å²) in [6, 6.07) is 6.09. The van der Waals surface area contributed by atoms with Crippen molar-refractivity contribution >= 4 is 11.0 Å². The third-order valence-corrected chi connectivity index (χ3v) is 4.69. The Labute approximate surface area is 117 Å². The molecule has 1 aromatic carbocycles. The highest BCUT2D eigenvalue weighted by molar-refractivity contribution is 5.76. The van der Waals surface area contributed by atoms with Crippen LogP contribution in [-0.4, -0.2) is 41.5 Å². The number of rotatable bonds is 2. The lowest BCUT2D eigenvalue weighted by molar-refractivity contribution is 0.0646. The predicted molar refractivity (Wildman–Crippen MR) is 74.2 cm³/mol. The van der Waals surface area contributed by atoms with Crippen LogP contribution in [0, 0.1) is 5.41 Å². The first-order valence-corrected chi connectivity index (χ1v) is 7.35. The van der Waals surface area contributed by atoms with E-state index >= 15 is 0 Å². The SMILES string of the molecule is c1cc(CN2CCCC3(CCOC3)C2)c2nonc2c1. The minimum atomic E-state index is 0.397. The fraction of sp³-hybridized carbons (Fsp3) is 0.600. The van der Waals surface area contributed by atoms with Gasteiger partial charge < -0.3 is 4.74 Å². The van der Waals surface area contributed by atoms with E-state index in [-0.39, 0.29) is 0 Å². The summed E-state index contributed by atoms with van der Waals surface area (Å²) in [6.45, 7) is 5.07. The van der Waals surface area contributed by atoms with Gasteiger partial charge in [-0.3, -0.25) is 4.90 Å². The Morgan fingerprint density at radius 3 is 3.15 bits per heavy atom. The van der Waals surface area contributed by atoms with E-state index in [1.54, 1.807) is 0 Å². The van der Waals surface area contributed by atoms with Gasteiger partial charge in [0.1, 0.15) is 11.0 Å². The lowest BCUT2D eigenvalue weighted by Crippen LogP contribution is -2.43. The number of nitrogens with zero attached hydrogens (tertiary/aromatic N) is 3. The lowest BCUT2D eigenvalue weighted by Gasteiger charge is -2.39. The first-order chi connectivity index (χ1) is 9.85. The maximum absolute atomic E-state index is 5.63. The van der Waals surface area contributed by atoms with Crippen LogP contribution in [0.4, 0.5) is 0 Å². The molecule has 2 fully saturated rings. The Hall–Kier alpha value is -1.46. The highest BCUT2D eigenvalue weighted by Gasteiger charge is 2.38. The zero-order valence-corrected chi connectivity index (χ0v) is 11.5. The summed E-state index contributed by atoms with van der Waals surface area (Å²) in [5.41, 5.74) is 3.35. The van der Waals surface area contributed by atoms with Gasteiger partial charge in [-0.15, -0.1) is 0 Å². The summed E-state index contributed by atoms with van der Waals surface area (Å²) < 4.78 is 10.5. The molecule has 0 aliphatic carbocycles. The van der Waals surface area contributed by atoms with Crippen molar-refractivity contribution in [2.24, 2.45) is 5.41 Å². The number of piperidine rings is 1. The van der Waals surface area contributed by atoms with Crippen molar-refractivity contribution in [3.05, 3.63) is 23.8 Å². The van der Waals surface area contributed by atoms with Crippen LogP contribution in [0.2, 0.25) is 0 Å². The summed E-state index contributed by atoms with van der Waals surface area (Å²) in [5, 5.41) is 7.95. The normalized spacial score (nSPS) is 27.6. The number of benzene rings is 1. The van der Waals surface area contributed by atoms with Crippen LogP contribution in [0.3, 0.4) is 0 Å². The van der Waals surface area contributed by atoms with E-state index in [0.29, 0.717) is 5.41 Å². The van der Waals surface area contributed by atoms with Gasteiger partial charge in [-0.1, -0.05) is 12.1 Å². The molecule has 1 spiro atoms. The monoisotopic (exact) mass is 273 g/mol. The lowest BCUT2D eigenvalue weighted by atomic mass is 9.79. The molecule has 3 heterocycles. The van der Waals surface area contributed by atoms with Crippen molar-refractivity contribution in [1.29, 1.82) is 0 Å². The van der Waals surface area contributed by atoms with Gasteiger partial charge in [0.15, 0.2) is 0 Å². The van der Waals surface area contributed by atoms with Gasteiger partial charge >= 0.3 is 0 Å². The first-order valence-electron chi connectivity index (χ1n) is 7.35. The second-order valence-electron chi connectivity index (χ2n) is 6.17. The van der Waals surface area contributed by atoms with Crippen molar-refractivity contribution in [1.82, 2.24) is 15.2 Å². The van der Waals surface area contributed by atoms with E-state index in [1.807, 2.05) is 12.1 Å². The number of ether oxygens (including phenoxy) is 1. The van der Waals surface area contributed by atoms with Crippen LogP contribution in [0.15, 0.2) is 22.8 Å². The quantitative estimate of drug-likeness (QED) is 0.839. The molecule has 2 aliphatic rings. The van der Waals surface area contributed by atoms with Crippen molar-refractivity contribution in [2.45, 2.75) is 25.8 Å². The van der Waals surface area contributed by atoms with Crippen molar-refractivity contribution < 1.29 is 9.37 Å². The largest absolute Gasteiger partial charge is 0.381 e. The van der Waals surface area contributed by atoms with E-state index < -0.39 is 0 Å². The molecule has 2 aliphatic heterocycles. The maximum atomic E-state index is 5.63. The smallest absolute Gasteiger partial charge is 0.139 e. The minimum absolute atomic E-state index is 0.397. The van der Waals surface area contributed by atoms with E-state index in [4.69, 9.17) is 9.37 Å². The highest BCUT2D eigenvalue weighted by atomic mass is 16.6. The average molecular weight is 273 g/mol. The summed E-state index contributed by atoms with van der Waals surface area (Å²) in [5.74, 6) is 0. The predicted octanol–water partition coefficient (Wildman–Crippen LogP) is 2.23. The number of hydrogen-bond acceptors (Lipinski definition) is 5. The number of fused-ring (bicyclic) bond motifs is 1. The molecule has 4 rings (SSSR count). The fourth-order valence-corrected chi connectivity index (χ4v) is 3.65. The molecule has 0 amide bonds. The van der Waals surface area contributed by atoms with Crippen molar-refractivity contribution in [2.75, 3.05) is 26.3 Å². The van der Waals surface area contributed by atoms with Crippen molar-refractivity contribution in [3.63, 3.8) is 0 Å². The second kappa shape index (κ2) is 4.82. The van der Waals surface area contributed by atoms with Crippen LogP contribution in [0.25, 0.3) is 11.0 Å². The molecule has 5 nitrogen and oxygen atoms in total. The van der Waals surface area contributed by atoms with Gasteiger partial charge in [-0.05, 0) is 47.8 Å². The number of likely N-dealkylation sites (tertiary alicyclic amines) is 1. The van der Waals surface area contributed by atoms with Gasteiger partial charge in [-0.25, -0.2) is 4.63 Å². The zero-order valence-electron chi connectivity index (χ0n) is 11.5. The fourth-order valence-electron chi connectivity index (χ4n) is 3.65. The Balaban J connectivity index is 1.55. The molecule has 0 radical (unpaired) electrons. The standard InChI is InChI=1S/C15H19N3O2/c1-3-12(14-13(4-1)16-20-17-14)9-18-7-2-5-15(10-18)6-8-19-11-15/h1,3-4H,2,5-11H2. The zero-order chi connectivity index (χ0) is 13.4. The molecule has 1 aromatic heterocycles. The van der Waals surface area contributed by atoms with Crippen LogP contribution >= 0.6 is 0 Å². The van der Waals surface area contributed by atoms with Gasteiger partial charge in [0.05, 0.1) is 6.61 Å². The van der Waals surface area contributed by atoms with E-state index in [9.17, 15) is 0 Å². The van der Waals surface area contributed by atoms with E-state index in [1.165, 1.54) is 24.8 Å². The van der Waals surface area contributed by atoms with Crippen LogP contribution in [-0.2, 0) is 11.3 Å². The third-order valence-electron chi connectivity index (χ3n) is 4.69. The molecule has 0 saturated carbocycles. The average Bonchev–Trinajstić information content (AvgIpc) is 3.09. The highest BCUT2D eigenvalue weighted by Crippen LogP contribution is 2.38. The van der Waals surface area contributed by atoms with Gasteiger partial charge in [0.2, 0.25) is 0 Å². The third kappa shape index (κ3) is 2.11. The molecule has 1 unspecified atom stereocenters. The van der Waals surface area contributed by atoms with Crippen LogP contribution in [0.5, 0.6) is 0 Å². The molecule has 0 N–H and O–H groups in total. The Morgan fingerprint density at radius 2 is 2.25 bits per heavy atom. The molecular weight excluding hydrogens is 254 g/mol. The summed E-state index contributed by atoms with van der Waals surface area (Å²) >= 11 is 0. The van der Waals surface area contributed by atoms with Crippen molar-refractivity contribution in [3.8, 4) is 0 Å². The maximum Gasteiger partial charge on any atom is 0.139 e. The summed E-state index contributed by atoms with van der Waals surface area (Å²) in [6.07, 6.45) is 3.77. The van der Waals surface area contributed by atoms with Gasteiger partial charge in [0.25, 0.3) is 0 Å².